The summed E-state index contributed by atoms with van der Waals surface area (Å²) in [6.45, 7) is 2.52. The van der Waals surface area contributed by atoms with Crippen LogP contribution in [0.5, 0.6) is 0 Å². The van der Waals surface area contributed by atoms with E-state index < -0.39 is 5.97 Å². The molecule has 3 saturated heterocycles. The van der Waals surface area contributed by atoms with Crippen LogP contribution in [0.15, 0.2) is 0 Å². The SMILES string of the molecule is N#CC1CC2C(CNC(NC3CCC(N4C[C@@H](CC5CCCCC5)[C@H](C(=O)O)C4)CC3)C2Br)O1. The number of piperidine rings is 1. The highest BCUT2D eigenvalue weighted by atomic mass is 79.9. The molecule has 0 amide bonds. The first kappa shape index (κ1) is 25.0. The van der Waals surface area contributed by atoms with Crippen LogP contribution >= 0.6 is 15.9 Å². The second kappa shape index (κ2) is 11.1. The van der Waals surface area contributed by atoms with E-state index in [1.807, 2.05) is 0 Å². The summed E-state index contributed by atoms with van der Waals surface area (Å²) in [4.78, 5) is 14.8. The van der Waals surface area contributed by atoms with E-state index in [1.54, 1.807) is 0 Å². The summed E-state index contributed by atoms with van der Waals surface area (Å²) in [6, 6.07) is 3.28. The summed E-state index contributed by atoms with van der Waals surface area (Å²) < 4.78 is 5.85. The summed E-state index contributed by atoms with van der Waals surface area (Å²) in [6.07, 6.45) is 13.1. The molecule has 3 N–H and O–H groups in total. The predicted octanol–water partition coefficient (Wildman–Crippen LogP) is 3.48. The van der Waals surface area contributed by atoms with E-state index in [2.05, 4.69) is 37.5 Å². The molecule has 0 aromatic rings. The van der Waals surface area contributed by atoms with Gasteiger partial charge in [0.05, 0.1) is 24.3 Å². The molecule has 0 aromatic carbocycles. The van der Waals surface area contributed by atoms with Crippen molar-refractivity contribution in [3.63, 3.8) is 0 Å². The zero-order chi connectivity index (χ0) is 23.7. The fourth-order valence-electron chi connectivity index (χ4n) is 7.57. The van der Waals surface area contributed by atoms with Gasteiger partial charge in [0.25, 0.3) is 0 Å². The van der Waals surface area contributed by atoms with Crippen molar-refractivity contribution in [3.05, 3.63) is 0 Å². The number of alkyl halides is 1. The number of carboxylic acid groups (broad SMARTS) is 1. The van der Waals surface area contributed by atoms with Crippen molar-refractivity contribution in [2.45, 2.75) is 106 Å². The Morgan fingerprint density at radius 1 is 1.15 bits per heavy atom. The first-order valence-corrected chi connectivity index (χ1v) is 14.6. The van der Waals surface area contributed by atoms with Crippen molar-refractivity contribution >= 4 is 21.9 Å². The van der Waals surface area contributed by atoms with Crippen LogP contribution in [0.1, 0.15) is 70.6 Å². The van der Waals surface area contributed by atoms with E-state index in [1.165, 1.54) is 32.1 Å². The van der Waals surface area contributed by atoms with Crippen molar-refractivity contribution in [3.8, 4) is 6.07 Å². The van der Waals surface area contributed by atoms with E-state index in [9.17, 15) is 15.2 Å². The number of hydrogen-bond acceptors (Lipinski definition) is 6. The molecule has 5 aliphatic rings. The number of nitrogens with one attached hydrogen (secondary N) is 2. The first-order valence-electron chi connectivity index (χ1n) is 13.7. The van der Waals surface area contributed by atoms with Gasteiger partial charge >= 0.3 is 5.97 Å². The highest BCUT2D eigenvalue weighted by molar-refractivity contribution is 9.09. The van der Waals surface area contributed by atoms with Gasteiger partial charge in [0.2, 0.25) is 0 Å². The van der Waals surface area contributed by atoms with Gasteiger partial charge in [-0.1, -0.05) is 48.0 Å². The predicted molar refractivity (Wildman–Crippen MR) is 133 cm³/mol. The van der Waals surface area contributed by atoms with Gasteiger partial charge in [0, 0.05) is 42.5 Å². The number of rotatable bonds is 6. The van der Waals surface area contributed by atoms with Crippen LogP contribution in [-0.4, -0.2) is 70.9 Å². The van der Waals surface area contributed by atoms with Crippen LogP contribution in [-0.2, 0) is 9.53 Å². The van der Waals surface area contributed by atoms with Gasteiger partial charge in [-0.3, -0.25) is 20.3 Å². The monoisotopic (exact) mass is 536 g/mol. The minimum Gasteiger partial charge on any atom is -0.481 e. The van der Waals surface area contributed by atoms with Crippen molar-refractivity contribution in [2.75, 3.05) is 19.6 Å². The van der Waals surface area contributed by atoms with E-state index in [4.69, 9.17) is 4.74 Å². The number of hydrogen-bond donors (Lipinski definition) is 3. The molecular weight excluding hydrogens is 496 g/mol. The molecule has 0 radical (unpaired) electrons. The summed E-state index contributed by atoms with van der Waals surface area (Å²) in [7, 11) is 0. The Hall–Kier alpha value is -0.720. The first-order chi connectivity index (χ1) is 16.5. The topological polar surface area (TPSA) is 97.6 Å². The van der Waals surface area contributed by atoms with Gasteiger partial charge in [0.1, 0.15) is 6.10 Å². The standard InChI is InChI=1S/C26H41BrN4O3/c27-24-21-11-20(12-28)34-23(21)13-29-25(24)30-18-6-8-19(9-7-18)31-14-17(22(15-31)26(32)33)10-16-4-2-1-3-5-16/h16-25,29-30H,1-11,13-15H2,(H,32,33)/t17-,18?,19?,20?,21?,22-,23?,24?,25?/m1/s1. The van der Waals surface area contributed by atoms with Crippen LogP contribution < -0.4 is 10.6 Å². The fraction of sp³-hybridized carbons (Fsp3) is 0.923. The lowest BCUT2D eigenvalue weighted by Crippen LogP contribution is -2.61. The largest absolute Gasteiger partial charge is 0.481 e. The zero-order valence-corrected chi connectivity index (χ0v) is 21.8. The average molecular weight is 538 g/mol. The molecule has 3 heterocycles. The molecule has 190 valence electrons. The lowest BCUT2D eigenvalue weighted by Gasteiger charge is -2.41. The van der Waals surface area contributed by atoms with Gasteiger partial charge in [0.15, 0.2) is 0 Å². The summed E-state index contributed by atoms with van der Waals surface area (Å²) in [5, 5.41) is 26.6. The molecule has 34 heavy (non-hydrogen) atoms. The highest BCUT2D eigenvalue weighted by Crippen LogP contribution is 2.39. The van der Waals surface area contributed by atoms with Gasteiger partial charge in [-0.2, -0.15) is 5.26 Å². The van der Waals surface area contributed by atoms with Gasteiger partial charge in [-0.05, 0) is 50.4 Å². The van der Waals surface area contributed by atoms with Crippen LogP contribution in [0.2, 0.25) is 0 Å². The second-order valence-corrected chi connectivity index (χ2v) is 12.7. The minimum absolute atomic E-state index is 0.127. The van der Waals surface area contributed by atoms with Crippen molar-refractivity contribution < 1.29 is 14.6 Å². The molecule has 0 bridgehead atoms. The van der Waals surface area contributed by atoms with E-state index in [0.717, 1.165) is 64.1 Å². The number of aliphatic carboxylic acids is 1. The summed E-state index contributed by atoms with van der Waals surface area (Å²) in [5.74, 6) is 0.679. The van der Waals surface area contributed by atoms with Crippen molar-refractivity contribution in [2.24, 2.45) is 23.7 Å². The Morgan fingerprint density at radius 3 is 2.62 bits per heavy atom. The molecule has 0 spiro atoms. The number of carbonyl (C=O) groups is 1. The van der Waals surface area contributed by atoms with Gasteiger partial charge in [-0.15, -0.1) is 0 Å². The summed E-state index contributed by atoms with van der Waals surface area (Å²) >= 11 is 3.90. The molecule has 2 saturated carbocycles. The van der Waals surface area contributed by atoms with Gasteiger partial charge in [-0.25, -0.2) is 0 Å². The number of nitriles is 1. The van der Waals surface area contributed by atoms with Crippen LogP contribution in [0.4, 0.5) is 0 Å². The third kappa shape index (κ3) is 5.49. The number of likely N-dealkylation sites (tertiary alicyclic amines) is 1. The maximum atomic E-state index is 12.0. The Labute approximate surface area is 212 Å². The van der Waals surface area contributed by atoms with Gasteiger partial charge < -0.3 is 9.84 Å². The Kier molecular flexibility index (Phi) is 8.17. The van der Waals surface area contributed by atoms with Crippen LogP contribution in [0, 0.1) is 35.0 Å². The molecule has 5 rings (SSSR count). The Balaban J connectivity index is 1.10. The molecule has 3 aliphatic heterocycles. The van der Waals surface area contributed by atoms with E-state index in [0.29, 0.717) is 23.9 Å². The molecule has 0 aromatic heterocycles. The minimum atomic E-state index is -0.585. The molecule has 5 fully saturated rings. The maximum Gasteiger partial charge on any atom is 0.308 e. The van der Waals surface area contributed by atoms with E-state index in [-0.39, 0.29) is 29.1 Å². The second-order valence-electron chi connectivity index (χ2n) is 11.6. The summed E-state index contributed by atoms with van der Waals surface area (Å²) in [5.41, 5.74) is 0. The average Bonchev–Trinajstić information content (AvgIpc) is 3.47. The molecule has 7 nitrogen and oxygen atoms in total. The third-order valence-corrected chi connectivity index (χ3v) is 10.7. The molecule has 2 aliphatic carbocycles. The number of carboxylic acids is 1. The molecular formula is C26H41BrN4O3. The van der Waals surface area contributed by atoms with Crippen molar-refractivity contribution in [1.29, 1.82) is 5.26 Å². The van der Waals surface area contributed by atoms with E-state index >= 15 is 0 Å². The Bertz CT molecular complexity index is 749. The zero-order valence-electron chi connectivity index (χ0n) is 20.2. The number of halogens is 1. The quantitative estimate of drug-likeness (QED) is 0.447. The normalized spacial score (nSPS) is 43.9. The number of ether oxygens (including phenoxy) is 1. The highest BCUT2D eigenvalue weighted by Gasteiger charge is 2.46. The fourth-order valence-corrected chi connectivity index (χ4v) is 8.47. The van der Waals surface area contributed by atoms with Crippen LogP contribution in [0.25, 0.3) is 0 Å². The molecule has 8 heteroatoms. The molecule has 7 atom stereocenters. The number of nitrogens with zero attached hydrogens (tertiary/aromatic N) is 2. The lowest BCUT2D eigenvalue weighted by atomic mass is 9.79. The van der Waals surface area contributed by atoms with Crippen LogP contribution in [0.3, 0.4) is 0 Å². The number of fused-ring (bicyclic) bond motifs is 1. The Morgan fingerprint density at radius 2 is 1.91 bits per heavy atom. The lowest BCUT2D eigenvalue weighted by molar-refractivity contribution is -0.142. The molecule has 5 unspecified atom stereocenters. The third-order valence-electron chi connectivity index (χ3n) is 9.49. The van der Waals surface area contributed by atoms with Crippen molar-refractivity contribution in [1.82, 2.24) is 15.5 Å². The maximum absolute atomic E-state index is 12.0. The smallest absolute Gasteiger partial charge is 0.308 e.